The molecule has 4 atom stereocenters. The SMILES string of the molecule is CCC/C=C/CCCCCCCCOC[C@@H](O)[C@H]1OC[C@H](O)[C@H]1O. The highest BCUT2D eigenvalue weighted by molar-refractivity contribution is 4.87. The van der Waals surface area contributed by atoms with E-state index in [1.807, 2.05) is 0 Å². The number of ether oxygens (including phenoxy) is 2. The molecule has 0 radical (unpaired) electrons. The molecule has 1 aliphatic heterocycles. The lowest BCUT2D eigenvalue weighted by Crippen LogP contribution is -2.40. The van der Waals surface area contributed by atoms with E-state index < -0.39 is 24.4 Å². The molecule has 0 spiro atoms. The molecule has 0 aromatic rings. The van der Waals surface area contributed by atoms with E-state index in [2.05, 4.69) is 19.1 Å². The normalized spacial score (nSPS) is 25.6. The van der Waals surface area contributed by atoms with Crippen LogP contribution in [0.15, 0.2) is 12.2 Å². The average Bonchev–Trinajstić information content (AvgIpc) is 2.91. The van der Waals surface area contributed by atoms with Crippen LogP contribution < -0.4 is 0 Å². The standard InChI is InChI=1S/C19H36O5/c1-2-3-4-5-6-7-8-9-10-11-12-13-23-14-17(21)19-18(22)16(20)15-24-19/h4-5,16-22H,2-3,6-15H2,1H3/b5-4+/t16-,17+,18+,19+/m0/s1. The Morgan fingerprint density at radius 3 is 2.38 bits per heavy atom. The molecule has 142 valence electrons. The molecule has 0 aromatic heterocycles. The van der Waals surface area contributed by atoms with Gasteiger partial charge >= 0.3 is 0 Å². The van der Waals surface area contributed by atoms with E-state index in [9.17, 15) is 15.3 Å². The van der Waals surface area contributed by atoms with Crippen molar-refractivity contribution in [1.29, 1.82) is 0 Å². The van der Waals surface area contributed by atoms with Gasteiger partial charge in [0.1, 0.15) is 24.4 Å². The summed E-state index contributed by atoms with van der Waals surface area (Å²) in [6.07, 6.45) is 11.8. The Hall–Kier alpha value is -0.460. The number of allylic oxidation sites excluding steroid dienone is 2. The molecule has 1 fully saturated rings. The molecule has 1 aliphatic rings. The zero-order chi connectivity index (χ0) is 17.6. The molecule has 1 heterocycles. The van der Waals surface area contributed by atoms with Gasteiger partial charge in [0.2, 0.25) is 0 Å². The van der Waals surface area contributed by atoms with Crippen molar-refractivity contribution in [3.8, 4) is 0 Å². The largest absolute Gasteiger partial charge is 0.388 e. The van der Waals surface area contributed by atoms with Crippen molar-refractivity contribution < 1.29 is 24.8 Å². The van der Waals surface area contributed by atoms with Crippen LogP contribution in [0.1, 0.15) is 64.7 Å². The first-order valence-corrected chi connectivity index (χ1v) is 9.55. The lowest BCUT2D eigenvalue weighted by molar-refractivity contribution is -0.0813. The summed E-state index contributed by atoms with van der Waals surface area (Å²) in [6.45, 7) is 3.02. The van der Waals surface area contributed by atoms with Gasteiger partial charge in [0.25, 0.3) is 0 Å². The fourth-order valence-electron chi connectivity index (χ4n) is 2.84. The van der Waals surface area contributed by atoms with Gasteiger partial charge in [-0.2, -0.15) is 0 Å². The van der Waals surface area contributed by atoms with E-state index >= 15 is 0 Å². The van der Waals surface area contributed by atoms with Crippen LogP contribution in [-0.2, 0) is 9.47 Å². The zero-order valence-electron chi connectivity index (χ0n) is 15.1. The van der Waals surface area contributed by atoms with Gasteiger partial charge in [0, 0.05) is 6.61 Å². The molecule has 0 amide bonds. The van der Waals surface area contributed by atoms with Gasteiger partial charge in [-0.25, -0.2) is 0 Å². The molecule has 1 rings (SSSR count). The first-order valence-electron chi connectivity index (χ1n) is 9.55. The smallest absolute Gasteiger partial charge is 0.114 e. The third-order valence-corrected chi connectivity index (χ3v) is 4.39. The third-order valence-electron chi connectivity index (χ3n) is 4.39. The number of unbranched alkanes of at least 4 members (excludes halogenated alkanes) is 7. The van der Waals surface area contributed by atoms with Crippen LogP contribution in [0.4, 0.5) is 0 Å². The van der Waals surface area contributed by atoms with Crippen molar-refractivity contribution in [2.45, 2.75) is 89.1 Å². The van der Waals surface area contributed by atoms with E-state index in [0.29, 0.717) is 6.61 Å². The van der Waals surface area contributed by atoms with Crippen molar-refractivity contribution in [3.63, 3.8) is 0 Å². The fraction of sp³-hybridized carbons (Fsp3) is 0.895. The number of aliphatic hydroxyl groups is 3. The van der Waals surface area contributed by atoms with Crippen LogP contribution >= 0.6 is 0 Å². The van der Waals surface area contributed by atoms with Crippen LogP contribution in [0.25, 0.3) is 0 Å². The predicted molar refractivity (Wildman–Crippen MR) is 94.9 cm³/mol. The first kappa shape index (κ1) is 21.6. The minimum atomic E-state index is -1.03. The van der Waals surface area contributed by atoms with E-state index in [1.54, 1.807) is 0 Å². The number of hydrogen-bond donors (Lipinski definition) is 3. The maximum absolute atomic E-state index is 9.89. The van der Waals surface area contributed by atoms with Gasteiger partial charge in [0.15, 0.2) is 0 Å². The molecule has 5 heteroatoms. The summed E-state index contributed by atoms with van der Waals surface area (Å²) in [5, 5.41) is 28.9. The molecule has 24 heavy (non-hydrogen) atoms. The second-order valence-electron chi connectivity index (χ2n) is 6.67. The van der Waals surface area contributed by atoms with Crippen molar-refractivity contribution in [3.05, 3.63) is 12.2 Å². The molecule has 0 aromatic carbocycles. The summed E-state index contributed by atoms with van der Waals surface area (Å²) in [4.78, 5) is 0. The highest BCUT2D eigenvalue weighted by Gasteiger charge is 2.39. The lowest BCUT2D eigenvalue weighted by Gasteiger charge is -2.20. The molecule has 0 bridgehead atoms. The highest BCUT2D eigenvalue weighted by atomic mass is 16.5. The topological polar surface area (TPSA) is 79.2 Å². The Kier molecular flexibility index (Phi) is 12.4. The minimum absolute atomic E-state index is 0.0668. The third kappa shape index (κ3) is 9.14. The van der Waals surface area contributed by atoms with Crippen LogP contribution in [0.5, 0.6) is 0 Å². The van der Waals surface area contributed by atoms with Crippen LogP contribution in [0, 0.1) is 0 Å². The van der Waals surface area contributed by atoms with Crippen LogP contribution in [0.3, 0.4) is 0 Å². The van der Waals surface area contributed by atoms with Gasteiger partial charge in [0.05, 0.1) is 13.2 Å². The molecular weight excluding hydrogens is 308 g/mol. The summed E-state index contributed by atoms with van der Waals surface area (Å²) in [5.41, 5.74) is 0. The van der Waals surface area contributed by atoms with Crippen molar-refractivity contribution >= 4 is 0 Å². The van der Waals surface area contributed by atoms with E-state index in [0.717, 1.165) is 12.8 Å². The predicted octanol–water partition coefficient (Wildman–Crippen LogP) is 2.57. The maximum Gasteiger partial charge on any atom is 0.114 e. The molecule has 0 aliphatic carbocycles. The Balaban J connectivity index is 1.85. The zero-order valence-corrected chi connectivity index (χ0v) is 15.1. The summed E-state index contributed by atoms with van der Waals surface area (Å²) in [6, 6.07) is 0. The molecule has 1 saturated heterocycles. The lowest BCUT2D eigenvalue weighted by atomic mass is 10.1. The van der Waals surface area contributed by atoms with Gasteiger partial charge in [-0.3, -0.25) is 0 Å². The van der Waals surface area contributed by atoms with Crippen molar-refractivity contribution in [1.82, 2.24) is 0 Å². The van der Waals surface area contributed by atoms with Gasteiger partial charge in [-0.15, -0.1) is 0 Å². The number of rotatable bonds is 14. The Morgan fingerprint density at radius 2 is 1.71 bits per heavy atom. The van der Waals surface area contributed by atoms with E-state index in [4.69, 9.17) is 9.47 Å². The second kappa shape index (κ2) is 13.8. The van der Waals surface area contributed by atoms with Gasteiger partial charge < -0.3 is 24.8 Å². The Labute approximate surface area is 146 Å². The van der Waals surface area contributed by atoms with Crippen molar-refractivity contribution in [2.75, 3.05) is 19.8 Å². The van der Waals surface area contributed by atoms with Crippen LogP contribution in [-0.4, -0.2) is 59.6 Å². The Bertz CT molecular complexity index is 321. The number of hydrogen-bond acceptors (Lipinski definition) is 5. The van der Waals surface area contributed by atoms with E-state index in [1.165, 1.54) is 44.9 Å². The van der Waals surface area contributed by atoms with Crippen molar-refractivity contribution in [2.24, 2.45) is 0 Å². The molecule has 5 nitrogen and oxygen atoms in total. The second-order valence-corrected chi connectivity index (χ2v) is 6.67. The molecule has 3 N–H and O–H groups in total. The van der Waals surface area contributed by atoms with E-state index in [-0.39, 0.29) is 13.2 Å². The van der Waals surface area contributed by atoms with Gasteiger partial charge in [-0.1, -0.05) is 51.2 Å². The maximum atomic E-state index is 9.89. The summed E-state index contributed by atoms with van der Waals surface area (Å²) in [7, 11) is 0. The van der Waals surface area contributed by atoms with Gasteiger partial charge in [-0.05, 0) is 25.7 Å². The fourth-order valence-corrected chi connectivity index (χ4v) is 2.84. The van der Waals surface area contributed by atoms with Crippen LogP contribution in [0.2, 0.25) is 0 Å². The molecular formula is C19H36O5. The first-order chi connectivity index (χ1) is 11.7. The monoisotopic (exact) mass is 344 g/mol. The number of aliphatic hydroxyl groups excluding tert-OH is 3. The summed E-state index contributed by atoms with van der Waals surface area (Å²) < 4.78 is 10.6. The average molecular weight is 344 g/mol. The summed E-state index contributed by atoms with van der Waals surface area (Å²) in [5.74, 6) is 0. The Morgan fingerprint density at radius 1 is 1.04 bits per heavy atom. The molecule has 0 unspecified atom stereocenters. The highest BCUT2D eigenvalue weighted by Crippen LogP contribution is 2.18. The summed E-state index contributed by atoms with van der Waals surface area (Å²) >= 11 is 0. The molecule has 0 saturated carbocycles. The minimum Gasteiger partial charge on any atom is -0.388 e. The quantitative estimate of drug-likeness (QED) is 0.333.